The number of aliphatic hydroxyl groups is 1. The lowest BCUT2D eigenvalue weighted by atomic mass is 10.0. The highest BCUT2D eigenvalue weighted by atomic mass is 31.1. The summed E-state index contributed by atoms with van der Waals surface area (Å²) in [7, 11) is -2.39. The largest absolute Gasteiger partial charge is 0.390 e. The molecule has 0 aromatic carbocycles. The van der Waals surface area contributed by atoms with Crippen molar-refractivity contribution in [2.75, 3.05) is 6.16 Å². The molecule has 62 valence electrons. The number of hydrogen-bond acceptors (Lipinski definition) is 2. The molecule has 4 heteroatoms. The van der Waals surface area contributed by atoms with Crippen LogP contribution in [0.3, 0.4) is 0 Å². The van der Waals surface area contributed by atoms with Crippen LogP contribution in [0.5, 0.6) is 0 Å². The topological polar surface area (TPSA) is 57.5 Å². The van der Waals surface area contributed by atoms with Crippen molar-refractivity contribution in [1.82, 2.24) is 0 Å². The predicted molar refractivity (Wildman–Crippen MR) is 41.6 cm³/mol. The van der Waals surface area contributed by atoms with Crippen molar-refractivity contribution in [2.45, 2.75) is 32.3 Å². The van der Waals surface area contributed by atoms with Crippen molar-refractivity contribution >= 4 is 8.03 Å². The zero-order chi connectivity index (χ0) is 8.20. The van der Waals surface area contributed by atoms with Crippen LogP contribution in [0, 0.1) is 0 Å². The first-order valence-corrected chi connectivity index (χ1v) is 4.98. The van der Waals surface area contributed by atoms with Gasteiger partial charge in [-0.1, -0.05) is 6.92 Å². The van der Waals surface area contributed by atoms with E-state index in [0.717, 1.165) is 0 Å². The first-order chi connectivity index (χ1) is 4.48. The molecule has 0 spiro atoms. The van der Waals surface area contributed by atoms with Crippen molar-refractivity contribution in [3.63, 3.8) is 0 Å². The molecule has 0 aliphatic heterocycles. The summed E-state index contributed by atoms with van der Waals surface area (Å²) in [6.07, 6.45) is 1.27. The molecule has 0 amide bonds. The molecule has 0 rings (SSSR count). The van der Waals surface area contributed by atoms with E-state index in [4.69, 9.17) is 4.89 Å². The molecular weight excluding hydrogens is 151 g/mol. The van der Waals surface area contributed by atoms with Crippen molar-refractivity contribution in [3.8, 4) is 0 Å². The fraction of sp³-hybridized carbons (Fsp3) is 1.00. The van der Waals surface area contributed by atoms with E-state index in [-0.39, 0.29) is 6.16 Å². The van der Waals surface area contributed by atoms with Gasteiger partial charge in [-0.15, -0.1) is 0 Å². The molecule has 0 saturated carbocycles. The van der Waals surface area contributed by atoms with Gasteiger partial charge < -0.3 is 10.00 Å². The maximum Gasteiger partial charge on any atom is 0.189 e. The van der Waals surface area contributed by atoms with E-state index < -0.39 is 13.6 Å². The van der Waals surface area contributed by atoms with Crippen LogP contribution in [-0.2, 0) is 4.57 Å². The van der Waals surface area contributed by atoms with Gasteiger partial charge in [0, 0.05) is 6.16 Å². The van der Waals surface area contributed by atoms with E-state index in [1.165, 1.54) is 0 Å². The lowest BCUT2D eigenvalue weighted by molar-refractivity contribution is 0.0525. The zero-order valence-electron chi connectivity index (χ0n) is 6.42. The quantitative estimate of drug-likeness (QED) is 0.612. The minimum Gasteiger partial charge on any atom is -0.390 e. The number of rotatable bonds is 4. The lowest BCUT2D eigenvalue weighted by Crippen LogP contribution is -2.23. The van der Waals surface area contributed by atoms with Crippen molar-refractivity contribution in [3.05, 3.63) is 0 Å². The van der Waals surface area contributed by atoms with Crippen molar-refractivity contribution < 1.29 is 14.6 Å². The molecule has 0 aliphatic rings. The molecule has 2 N–H and O–H groups in total. The average molecular weight is 166 g/mol. The molecule has 0 aliphatic carbocycles. The summed E-state index contributed by atoms with van der Waals surface area (Å²) in [5.74, 6) is 0. The van der Waals surface area contributed by atoms with Crippen molar-refractivity contribution in [2.24, 2.45) is 0 Å². The first-order valence-electron chi connectivity index (χ1n) is 3.42. The summed E-state index contributed by atoms with van der Waals surface area (Å²) < 4.78 is 10.2. The van der Waals surface area contributed by atoms with Gasteiger partial charge >= 0.3 is 0 Å². The van der Waals surface area contributed by atoms with Gasteiger partial charge in [0.05, 0.1) is 5.60 Å². The van der Waals surface area contributed by atoms with Gasteiger partial charge in [-0.05, 0) is 19.8 Å². The molecule has 2 atom stereocenters. The number of hydrogen-bond donors (Lipinski definition) is 2. The summed E-state index contributed by atoms with van der Waals surface area (Å²) in [6.45, 7) is 3.53. The first kappa shape index (κ1) is 10.2. The Morgan fingerprint density at radius 1 is 1.60 bits per heavy atom. The molecule has 2 unspecified atom stereocenters. The van der Waals surface area contributed by atoms with Gasteiger partial charge in [0.2, 0.25) is 0 Å². The maximum atomic E-state index is 10.2. The van der Waals surface area contributed by atoms with Crippen molar-refractivity contribution in [1.29, 1.82) is 0 Å². The Kier molecular flexibility index (Phi) is 4.18. The second-order valence-electron chi connectivity index (χ2n) is 2.74. The Bertz CT molecular complexity index is 122. The molecule has 0 bridgehead atoms. The smallest absolute Gasteiger partial charge is 0.189 e. The molecule has 0 aromatic rings. The molecule has 3 nitrogen and oxygen atoms in total. The molecular formula is C6H15O3P. The van der Waals surface area contributed by atoms with Gasteiger partial charge in [-0.2, -0.15) is 0 Å². The van der Waals surface area contributed by atoms with Gasteiger partial charge in [0.1, 0.15) is 0 Å². The van der Waals surface area contributed by atoms with Crippen LogP contribution in [-0.4, -0.2) is 21.8 Å². The normalized spacial score (nSPS) is 20.0. The summed E-state index contributed by atoms with van der Waals surface area (Å²) in [6, 6.07) is 0. The van der Waals surface area contributed by atoms with Crippen LogP contribution in [0.15, 0.2) is 0 Å². The fourth-order valence-electron chi connectivity index (χ4n) is 0.553. The Labute approximate surface area is 61.9 Å². The molecule has 10 heavy (non-hydrogen) atoms. The Morgan fingerprint density at radius 2 is 2.10 bits per heavy atom. The van der Waals surface area contributed by atoms with E-state index in [1.54, 1.807) is 6.92 Å². The second kappa shape index (κ2) is 4.12. The zero-order valence-corrected chi connectivity index (χ0v) is 7.42. The maximum absolute atomic E-state index is 10.2. The van der Waals surface area contributed by atoms with Crippen LogP contribution in [0.25, 0.3) is 0 Å². The monoisotopic (exact) mass is 166 g/mol. The van der Waals surface area contributed by atoms with E-state index >= 15 is 0 Å². The molecule has 0 saturated heterocycles. The summed E-state index contributed by atoms with van der Waals surface area (Å²) >= 11 is 0. The van der Waals surface area contributed by atoms with Crippen LogP contribution >= 0.6 is 8.03 Å². The van der Waals surface area contributed by atoms with E-state index in [1.807, 2.05) is 6.92 Å². The highest BCUT2D eigenvalue weighted by molar-refractivity contribution is 7.37. The minimum atomic E-state index is -2.39. The third-order valence-electron chi connectivity index (χ3n) is 1.64. The third kappa shape index (κ3) is 4.98. The van der Waals surface area contributed by atoms with E-state index in [2.05, 4.69) is 0 Å². The standard InChI is InChI=1S/C6H15O3P/c1-3-6(2,7)4-5-10(8)9/h7,10H,3-5H2,1-2H3,(H,8,9). The summed E-state index contributed by atoms with van der Waals surface area (Å²) in [5.41, 5.74) is -0.761. The predicted octanol–water partition coefficient (Wildman–Crippen LogP) is 1.00. The van der Waals surface area contributed by atoms with Gasteiger partial charge in [-0.3, -0.25) is 4.57 Å². The SMILES string of the molecule is CCC(C)(O)CC[PH](=O)O. The molecule has 0 radical (unpaired) electrons. The van der Waals surface area contributed by atoms with Gasteiger partial charge in [-0.25, -0.2) is 0 Å². The summed E-state index contributed by atoms with van der Waals surface area (Å²) in [5, 5.41) is 9.34. The van der Waals surface area contributed by atoms with Gasteiger partial charge in [0.25, 0.3) is 0 Å². The highest BCUT2D eigenvalue weighted by Crippen LogP contribution is 2.22. The third-order valence-corrected chi connectivity index (χ3v) is 2.32. The van der Waals surface area contributed by atoms with E-state index in [0.29, 0.717) is 12.8 Å². The average Bonchev–Trinajstić information content (AvgIpc) is 1.85. The highest BCUT2D eigenvalue weighted by Gasteiger charge is 2.17. The Balaban J connectivity index is 3.56. The van der Waals surface area contributed by atoms with Crippen LogP contribution in [0.2, 0.25) is 0 Å². The van der Waals surface area contributed by atoms with Crippen LogP contribution < -0.4 is 0 Å². The second-order valence-corrected chi connectivity index (χ2v) is 4.03. The van der Waals surface area contributed by atoms with Gasteiger partial charge in [0.15, 0.2) is 8.03 Å². The Hall–Kier alpha value is 0.150. The van der Waals surface area contributed by atoms with E-state index in [9.17, 15) is 9.67 Å². The fourth-order valence-corrected chi connectivity index (χ4v) is 1.31. The lowest BCUT2D eigenvalue weighted by Gasteiger charge is -2.19. The Morgan fingerprint density at radius 3 is 2.40 bits per heavy atom. The summed E-state index contributed by atoms with van der Waals surface area (Å²) in [4.78, 5) is 8.45. The minimum absolute atomic E-state index is 0.228. The van der Waals surface area contributed by atoms with Crippen LogP contribution in [0.4, 0.5) is 0 Å². The molecule has 0 fully saturated rings. The molecule has 0 heterocycles. The van der Waals surface area contributed by atoms with Crippen LogP contribution in [0.1, 0.15) is 26.7 Å². The molecule has 0 aromatic heterocycles.